The van der Waals surface area contributed by atoms with E-state index < -0.39 is 27.6 Å². The van der Waals surface area contributed by atoms with Gasteiger partial charge in [-0.05, 0) is 56.5 Å². The van der Waals surface area contributed by atoms with Crippen molar-refractivity contribution >= 4 is 16.0 Å². The summed E-state index contributed by atoms with van der Waals surface area (Å²) in [5, 5.41) is 3.42. The van der Waals surface area contributed by atoms with E-state index in [0.717, 1.165) is 4.31 Å². The normalized spacial score (nSPS) is 13.1. The summed E-state index contributed by atoms with van der Waals surface area (Å²) in [4.78, 5) is 15.5. The molecule has 0 saturated carbocycles. The fourth-order valence-electron chi connectivity index (χ4n) is 2.56. The molecule has 9 nitrogen and oxygen atoms in total. The molecule has 1 aromatic rings. The first-order chi connectivity index (χ1) is 12.9. The van der Waals surface area contributed by atoms with E-state index in [4.69, 9.17) is 15.0 Å². The van der Waals surface area contributed by atoms with Gasteiger partial charge in [-0.15, -0.1) is 0 Å². The summed E-state index contributed by atoms with van der Waals surface area (Å²) < 4.78 is 38.1. The molecule has 10 heteroatoms. The summed E-state index contributed by atoms with van der Waals surface area (Å²) in [6.45, 7) is 8.34. The number of ether oxygens (including phenoxy) is 2. The summed E-state index contributed by atoms with van der Waals surface area (Å²) >= 11 is 0. The van der Waals surface area contributed by atoms with Crippen molar-refractivity contribution in [3.63, 3.8) is 0 Å². The Morgan fingerprint density at radius 3 is 2.25 bits per heavy atom. The van der Waals surface area contributed by atoms with Gasteiger partial charge in [-0.3, -0.25) is 4.79 Å². The van der Waals surface area contributed by atoms with Crippen LogP contribution >= 0.6 is 0 Å². The van der Waals surface area contributed by atoms with E-state index in [0.29, 0.717) is 5.75 Å². The minimum atomic E-state index is -4.06. The molecule has 0 bridgehead atoms. The molecule has 0 heterocycles. The van der Waals surface area contributed by atoms with Gasteiger partial charge < -0.3 is 9.47 Å². The highest BCUT2D eigenvalue weighted by atomic mass is 32.2. The van der Waals surface area contributed by atoms with Crippen LogP contribution in [0.5, 0.6) is 5.75 Å². The lowest BCUT2D eigenvalue weighted by molar-refractivity contribution is -0.161. The third kappa shape index (κ3) is 6.40. The number of esters is 1. The molecular weight excluding hydrogens is 384 g/mol. The number of sulfonamides is 1. The summed E-state index contributed by atoms with van der Waals surface area (Å²) in [6, 6.07) is 4.79. The van der Waals surface area contributed by atoms with Crippen LogP contribution in [-0.4, -0.2) is 50.5 Å². The summed E-state index contributed by atoms with van der Waals surface area (Å²) in [5.41, 5.74) is 7.78. The number of nitrogens with zero attached hydrogens (tertiary/aromatic N) is 4. The molecule has 1 rings (SSSR count). The average Bonchev–Trinajstić information content (AvgIpc) is 2.59. The Bertz CT molecular complexity index is 809. The molecule has 28 heavy (non-hydrogen) atoms. The predicted octanol–water partition coefficient (Wildman–Crippen LogP) is 3.36. The number of hydrogen-bond donors (Lipinski definition) is 0. The van der Waals surface area contributed by atoms with Gasteiger partial charge in [-0.1, -0.05) is 19.0 Å². The molecule has 1 atom stereocenters. The molecule has 0 amide bonds. The highest BCUT2D eigenvalue weighted by Gasteiger charge is 2.39. The number of carbonyl (C=O) groups excluding carboxylic acids is 1. The van der Waals surface area contributed by atoms with E-state index in [1.165, 1.54) is 31.4 Å². The Morgan fingerprint density at radius 2 is 1.82 bits per heavy atom. The number of methoxy groups -OCH3 is 1. The molecule has 0 N–H and O–H groups in total. The maximum atomic E-state index is 13.3. The van der Waals surface area contributed by atoms with Crippen LogP contribution < -0.4 is 4.74 Å². The average molecular weight is 413 g/mol. The molecule has 0 aromatic heterocycles. The van der Waals surface area contributed by atoms with Crippen molar-refractivity contribution in [1.82, 2.24) is 4.31 Å². The molecule has 0 aliphatic heterocycles. The monoisotopic (exact) mass is 412 g/mol. The minimum absolute atomic E-state index is 0.00319. The molecule has 0 spiro atoms. The van der Waals surface area contributed by atoms with E-state index in [1.54, 1.807) is 34.6 Å². The quantitative estimate of drug-likeness (QED) is 0.266. The Morgan fingerprint density at radius 1 is 1.25 bits per heavy atom. The van der Waals surface area contributed by atoms with Crippen LogP contribution in [0.25, 0.3) is 10.4 Å². The molecule has 0 aliphatic rings. The second-order valence-electron chi connectivity index (χ2n) is 7.47. The molecule has 0 saturated heterocycles. The van der Waals surface area contributed by atoms with E-state index in [2.05, 4.69) is 10.0 Å². The number of carbonyl (C=O) groups is 1. The van der Waals surface area contributed by atoms with Gasteiger partial charge in [0.25, 0.3) is 0 Å². The second kappa shape index (κ2) is 9.77. The number of hydrogen-bond acceptors (Lipinski definition) is 6. The zero-order chi connectivity index (χ0) is 21.5. The van der Waals surface area contributed by atoms with E-state index in [1.807, 2.05) is 0 Å². The zero-order valence-electron chi connectivity index (χ0n) is 17.1. The Hall–Kier alpha value is -2.29. The van der Waals surface area contributed by atoms with Gasteiger partial charge in [0.15, 0.2) is 0 Å². The van der Waals surface area contributed by atoms with Gasteiger partial charge >= 0.3 is 5.97 Å². The first-order valence-electron chi connectivity index (χ1n) is 8.83. The summed E-state index contributed by atoms with van der Waals surface area (Å²) in [7, 11) is -2.58. The molecule has 1 aromatic carbocycles. The Kier molecular flexibility index (Phi) is 8.29. The van der Waals surface area contributed by atoms with Crippen LogP contribution in [-0.2, 0) is 19.6 Å². The van der Waals surface area contributed by atoms with Gasteiger partial charge in [0.2, 0.25) is 10.0 Å². The summed E-state index contributed by atoms with van der Waals surface area (Å²) in [6.07, 6.45) is 0. The first kappa shape index (κ1) is 23.7. The minimum Gasteiger partial charge on any atom is -0.497 e. The van der Waals surface area contributed by atoms with Crippen molar-refractivity contribution in [2.45, 2.75) is 51.2 Å². The lowest BCUT2D eigenvalue weighted by Crippen LogP contribution is -2.51. The van der Waals surface area contributed by atoms with Gasteiger partial charge in [-0.25, -0.2) is 8.42 Å². The Labute approximate surface area is 166 Å². The van der Waals surface area contributed by atoms with Crippen LogP contribution in [0.2, 0.25) is 0 Å². The standard InChI is InChI=1S/C18H28N4O5S/c1-13(2)16(17(23)27-18(3,4)5)22(12-11-20-21-19)28(24,25)15-9-7-14(26-6)8-10-15/h7-10,13,16H,11-12H2,1-6H3/t16-/m1/s1. The first-order valence-corrected chi connectivity index (χ1v) is 10.3. The fourth-order valence-corrected chi connectivity index (χ4v) is 4.27. The summed E-state index contributed by atoms with van der Waals surface area (Å²) in [5.74, 6) is -0.512. The topological polar surface area (TPSA) is 122 Å². The van der Waals surface area contributed by atoms with Crippen molar-refractivity contribution < 1.29 is 22.7 Å². The van der Waals surface area contributed by atoms with E-state index >= 15 is 0 Å². The predicted molar refractivity (Wildman–Crippen MR) is 105 cm³/mol. The zero-order valence-corrected chi connectivity index (χ0v) is 17.9. The number of benzene rings is 1. The largest absolute Gasteiger partial charge is 0.497 e. The molecule has 0 unspecified atom stereocenters. The van der Waals surface area contributed by atoms with Crippen LogP contribution in [0.3, 0.4) is 0 Å². The van der Waals surface area contributed by atoms with Gasteiger partial charge in [-0.2, -0.15) is 4.31 Å². The number of rotatable bonds is 9. The van der Waals surface area contributed by atoms with Crippen molar-refractivity contribution in [3.8, 4) is 5.75 Å². The van der Waals surface area contributed by atoms with E-state index in [9.17, 15) is 13.2 Å². The van der Waals surface area contributed by atoms with Crippen LogP contribution in [0.15, 0.2) is 34.3 Å². The Balaban J connectivity index is 3.40. The van der Waals surface area contributed by atoms with Crippen LogP contribution in [0, 0.1) is 5.92 Å². The molecule has 0 radical (unpaired) electrons. The number of azide groups is 1. The van der Waals surface area contributed by atoms with Crippen molar-refractivity contribution in [1.29, 1.82) is 0 Å². The van der Waals surface area contributed by atoms with Gasteiger partial charge in [0.05, 0.1) is 12.0 Å². The molecule has 156 valence electrons. The molecule has 0 aliphatic carbocycles. The molecule has 0 fully saturated rings. The second-order valence-corrected chi connectivity index (χ2v) is 9.36. The van der Waals surface area contributed by atoms with Crippen LogP contribution in [0.4, 0.5) is 0 Å². The SMILES string of the molecule is COc1ccc(S(=O)(=O)N(CCN=[N+]=[N-])[C@@H](C(=O)OC(C)(C)C)C(C)C)cc1. The lowest BCUT2D eigenvalue weighted by atomic mass is 10.0. The van der Waals surface area contributed by atoms with Crippen LogP contribution in [0.1, 0.15) is 34.6 Å². The van der Waals surface area contributed by atoms with Gasteiger partial charge in [0, 0.05) is 18.0 Å². The maximum absolute atomic E-state index is 13.3. The maximum Gasteiger partial charge on any atom is 0.325 e. The van der Waals surface area contributed by atoms with Crippen molar-refractivity contribution in [2.24, 2.45) is 11.0 Å². The smallest absolute Gasteiger partial charge is 0.325 e. The molecular formula is C18H28N4O5S. The third-order valence-corrected chi connectivity index (χ3v) is 5.63. The van der Waals surface area contributed by atoms with Gasteiger partial charge in [0.1, 0.15) is 17.4 Å². The van der Waals surface area contributed by atoms with Crippen molar-refractivity contribution in [3.05, 3.63) is 34.7 Å². The van der Waals surface area contributed by atoms with Crippen molar-refractivity contribution in [2.75, 3.05) is 20.2 Å². The van der Waals surface area contributed by atoms with E-state index in [-0.39, 0.29) is 23.9 Å². The lowest BCUT2D eigenvalue weighted by Gasteiger charge is -2.33. The third-order valence-electron chi connectivity index (χ3n) is 3.74. The highest BCUT2D eigenvalue weighted by molar-refractivity contribution is 7.89. The fraction of sp³-hybridized carbons (Fsp3) is 0.611. The highest BCUT2D eigenvalue weighted by Crippen LogP contribution is 2.25.